The number of nitrogens with zero attached hydrogens (tertiary/aromatic N) is 1. The monoisotopic (exact) mass is 386 g/mol. The molecule has 1 aliphatic rings. The molecule has 7 nitrogen and oxygen atoms in total. The Kier molecular flexibility index (Phi) is 5.85. The Hall–Kier alpha value is -2.74. The van der Waals surface area contributed by atoms with Gasteiger partial charge < -0.3 is 15.8 Å². The second-order valence-electron chi connectivity index (χ2n) is 6.62. The third-order valence-corrected chi connectivity index (χ3v) is 5.51. The number of aromatic nitrogens is 1. The highest BCUT2D eigenvalue weighted by atomic mass is 32.1. The number of unbranched alkanes of at least 4 members (excludes halogenated alkanes) is 1. The smallest absolute Gasteiger partial charge is 0.308 e. The molecule has 8 heteroatoms. The number of nitrogens with two attached hydrogens (primary N) is 1. The van der Waals surface area contributed by atoms with Crippen LogP contribution < -0.4 is 11.1 Å². The van der Waals surface area contributed by atoms with E-state index in [0.717, 1.165) is 24.8 Å². The number of aryl methyl sites for hydroxylation is 1. The fourth-order valence-electron chi connectivity index (χ4n) is 3.08. The summed E-state index contributed by atoms with van der Waals surface area (Å²) in [7, 11) is 0. The average molecular weight is 386 g/mol. The van der Waals surface area contributed by atoms with E-state index in [9.17, 15) is 9.59 Å². The van der Waals surface area contributed by atoms with Crippen molar-refractivity contribution in [2.24, 2.45) is 5.73 Å². The molecule has 1 atom stereocenters. The fraction of sp³-hybridized carbons (Fsp3) is 0.368. The summed E-state index contributed by atoms with van der Waals surface area (Å²) in [6.45, 7) is 0.133. The number of amides is 1. The molecule has 142 valence electrons. The SMILES string of the molecule is N=C(N)c1ccc(CCCCC(=O)N[C@]2(c3nccs3)COC(=O)C2)cc1. The van der Waals surface area contributed by atoms with Gasteiger partial charge in [-0.25, -0.2) is 4.98 Å². The molecule has 1 aromatic heterocycles. The highest BCUT2D eigenvalue weighted by Gasteiger charge is 2.45. The number of hydrogen-bond donors (Lipinski definition) is 3. The van der Waals surface area contributed by atoms with E-state index in [2.05, 4.69) is 10.3 Å². The van der Waals surface area contributed by atoms with Gasteiger partial charge in [0, 0.05) is 23.6 Å². The number of nitrogen functional groups attached to an aromatic ring is 1. The zero-order valence-electron chi connectivity index (χ0n) is 14.9. The summed E-state index contributed by atoms with van der Waals surface area (Å²) in [5.41, 5.74) is 6.47. The summed E-state index contributed by atoms with van der Waals surface area (Å²) in [5.74, 6) is -0.364. The van der Waals surface area contributed by atoms with Crippen molar-refractivity contribution in [3.8, 4) is 0 Å². The molecular formula is C19H22N4O3S. The number of thiazole rings is 1. The Morgan fingerprint density at radius 2 is 2.11 bits per heavy atom. The van der Waals surface area contributed by atoms with Crippen LogP contribution in [-0.4, -0.2) is 29.3 Å². The first-order valence-corrected chi connectivity index (χ1v) is 9.66. The number of carbonyl (C=O) groups excluding carboxylic acids is 2. The van der Waals surface area contributed by atoms with Gasteiger partial charge in [-0.15, -0.1) is 11.3 Å². The maximum atomic E-state index is 12.4. The zero-order chi connectivity index (χ0) is 19.3. The van der Waals surface area contributed by atoms with E-state index in [1.807, 2.05) is 29.6 Å². The predicted octanol–water partition coefficient (Wildman–Crippen LogP) is 2.10. The summed E-state index contributed by atoms with van der Waals surface area (Å²) >= 11 is 1.41. The summed E-state index contributed by atoms with van der Waals surface area (Å²) in [4.78, 5) is 28.3. The van der Waals surface area contributed by atoms with Gasteiger partial charge in [-0.05, 0) is 24.8 Å². The summed E-state index contributed by atoms with van der Waals surface area (Å²) in [5, 5.41) is 12.9. The molecule has 1 aromatic carbocycles. The van der Waals surface area contributed by atoms with Gasteiger partial charge in [0.1, 0.15) is 23.0 Å². The fourth-order valence-corrected chi connectivity index (χ4v) is 3.86. The van der Waals surface area contributed by atoms with Crippen LogP contribution in [0.3, 0.4) is 0 Å². The van der Waals surface area contributed by atoms with Crippen molar-refractivity contribution in [2.75, 3.05) is 6.61 Å². The lowest BCUT2D eigenvalue weighted by molar-refractivity contribution is -0.138. The highest BCUT2D eigenvalue weighted by molar-refractivity contribution is 7.09. The predicted molar refractivity (Wildman–Crippen MR) is 103 cm³/mol. The Morgan fingerprint density at radius 1 is 1.33 bits per heavy atom. The van der Waals surface area contributed by atoms with Crippen molar-refractivity contribution in [3.63, 3.8) is 0 Å². The lowest BCUT2D eigenvalue weighted by Gasteiger charge is -2.25. The number of nitrogens with one attached hydrogen (secondary N) is 2. The van der Waals surface area contributed by atoms with Gasteiger partial charge in [0.05, 0.1) is 6.42 Å². The second kappa shape index (κ2) is 8.30. The zero-order valence-corrected chi connectivity index (χ0v) is 15.7. The molecule has 0 aliphatic carbocycles. The standard InChI is InChI=1S/C19H22N4O3S/c20-17(21)14-7-5-13(6-8-14)3-1-2-4-15(24)23-19(11-16(25)26-12-19)18-22-9-10-27-18/h5-10H,1-4,11-12H2,(H3,20,21)(H,23,24)/t19-/m0/s1. The number of benzene rings is 1. The van der Waals surface area contributed by atoms with Gasteiger partial charge in [0.15, 0.2) is 0 Å². The van der Waals surface area contributed by atoms with E-state index in [-0.39, 0.29) is 30.7 Å². The van der Waals surface area contributed by atoms with Crippen LogP contribution in [0.2, 0.25) is 0 Å². The van der Waals surface area contributed by atoms with Gasteiger partial charge in [-0.2, -0.15) is 0 Å². The largest absolute Gasteiger partial charge is 0.463 e. The Bertz CT molecular complexity index is 820. The summed E-state index contributed by atoms with van der Waals surface area (Å²) < 4.78 is 5.09. The Morgan fingerprint density at radius 3 is 2.70 bits per heavy atom. The molecule has 1 saturated heterocycles. The third-order valence-electron chi connectivity index (χ3n) is 4.53. The molecule has 4 N–H and O–H groups in total. The normalized spacial score (nSPS) is 18.9. The molecular weight excluding hydrogens is 364 g/mol. The molecule has 2 heterocycles. The minimum Gasteiger partial charge on any atom is -0.463 e. The van der Waals surface area contributed by atoms with Crippen LogP contribution in [0.15, 0.2) is 35.8 Å². The number of esters is 1. The molecule has 1 amide bonds. The van der Waals surface area contributed by atoms with Crippen LogP contribution >= 0.6 is 11.3 Å². The number of amidine groups is 1. The lowest BCUT2D eigenvalue weighted by Crippen LogP contribution is -2.46. The van der Waals surface area contributed by atoms with E-state index in [1.165, 1.54) is 11.3 Å². The van der Waals surface area contributed by atoms with E-state index in [1.54, 1.807) is 6.20 Å². The molecule has 0 saturated carbocycles. The van der Waals surface area contributed by atoms with E-state index in [4.69, 9.17) is 15.9 Å². The van der Waals surface area contributed by atoms with Crippen LogP contribution in [-0.2, 0) is 26.3 Å². The van der Waals surface area contributed by atoms with Crippen LogP contribution in [0.4, 0.5) is 0 Å². The highest BCUT2D eigenvalue weighted by Crippen LogP contribution is 2.32. The van der Waals surface area contributed by atoms with E-state index in [0.29, 0.717) is 17.0 Å². The summed E-state index contributed by atoms with van der Waals surface area (Å²) in [6, 6.07) is 7.57. The van der Waals surface area contributed by atoms with Crippen molar-refractivity contribution in [3.05, 3.63) is 52.0 Å². The minimum atomic E-state index is -0.829. The van der Waals surface area contributed by atoms with Gasteiger partial charge in [0.25, 0.3) is 0 Å². The van der Waals surface area contributed by atoms with Crippen molar-refractivity contribution in [2.45, 2.75) is 37.6 Å². The van der Waals surface area contributed by atoms with Crippen LogP contribution in [0.25, 0.3) is 0 Å². The molecule has 0 radical (unpaired) electrons. The molecule has 2 aromatic rings. The molecule has 3 rings (SSSR count). The number of carbonyl (C=O) groups is 2. The van der Waals surface area contributed by atoms with Crippen molar-refractivity contribution < 1.29 is 14.3 Å². The quantitative estimate of drug-likeness (QED) is 0.278. The second-order valence-corrected chi connectivity index (χ2v) is 7.52. The van der Waals surface area contributed by atoms with Gasteiger partial charge >= 0.3 is 5.97 Å². The van der Waals surface area contributed by atoms with Gasteiger partial charge in [-0.3, -0.25) is 15.0 Å². The molecule has 27 heavy (non-hydrogen) atoms. The number of hydrogen-bond acceptors (Lipinski definition) is 6. The molecule has 0 unspecified atom stereocenters. The minimum absolute atomic E-state index is 0.0572. The van der Waals surface area contributed by atoms with E-state index >= 15 is 0 Å². The van der Waals surface area contributed by atoms with Gasteiger partial charge in [-0.1, -0.05) is 24.3 Å². The first-order valence-electron chi connectivity index (χ1n) is 8.78. The number of ether oxygens (including phenoxy) is 1. The van der Waals surface area contributed by atoms with Crippen molar-refractivity contribution in [1.29, 1.82) is 5.41 Å². The third kappa shape index (κ3) is 4.71. The Labute approximate surface area is 161 Å². The van der Waals surface area contributed by atoms with Crippen LogP contribution in [0.1, 0.15) is 41.8 Å². The van der Waals surface area contributed by atoms with Crippen LogP contribution in [0.5, 0.6) is 0 Å². The maximum absolute atomic E-state index is 12.4. The topological polar surface area (TPSA) is 118 Å². The van der Waals surface area contributed by atoms with Crippen molar-refractivity contribution in [1.82, 2.24) is 10.3 Å². The van der Waals surface area contributed by atoms with Crippen LogP contribution in [0, 0.1) is 5.41 Å². The first kappa shape index (κ1) is 19.0. The first-order chi connectivity index (χ1) is 13.0. The number of rotatable bonds is 8. The molecule has 1 fully saturated rings. The maximum Gasteiger partial charge on any atom is 0.308 e. The summed E-state index contributed by atoms with van der Waals surface area (Å²) in [6.07, 6.45) is 4.62. The van der Waals surface area contributed by atoms with Crippen molar-refractivity contribution >= 4 is 29.0 Å². The van der Waals surface area contributed by atoms with Gasteiger partial charge in [0.2, 0.25) is 5.91 Å². The Balaban J connectivity index is 1.47. The number of cyclic esters (lactones) is 1. The lowest BCUT2D eigenvalue weighted by atomic mass is 9.98. The molecule has 1 aliphatic heterocycles. The average Bonchev–Trinajstić information content (AvgIpc) is 3.30. The molecule has 0 spiro atoms. The van der Waals surface area contributed by atoms with E-state index < -0.39 is 5.54 Å². The molecule has 0 bridgehead atoms.